The highest BCUT2D eigenvalue weighted by Gasteiger charge is 2.20. The largest absolute Gasteiger partial charge is 0.356 e. The van der Waals surface area contributed by atoms with Gasteiger partial charge in [0.05, 0.1) is 0 Å². The Morgan fingerprint density at radius 3 is 2.58 bits per heavy atom. The fraction of sp³-hybridized carbons (Fsp3) is 0.615. The first-order valence-corrected chi connectivity index (χ1v) is 6.37. The summed E-state index contributed by atoms with van der Waals surface area (Å²) in [5.41, 5.74) is -0.393. The Hall–Kier alpha value is -1.85. The molecule has 19 heavy (non-hydrogen) atoms. The lowest BCUT2D eigenvalue weighted by atomic mass is 9.96. The van der Waals surface area contributed by atoms with E-state index in [4.69, 9.17) is 0 Å². The number of aromatic nitrogens is 2. The molecule has 2 N–H and O–H groups in total. The second-order valence-corrected chi connectivity index (χ2v) is 5.53. The number of carbonyl (C=O) groups excluding carboxylic acids is 2. The number of hydrogen-bond donors (Lipinski definition) is 2. The quantitative estimate of drug-likeness (QED) is 0.789. The van der Waals surface area contributed by atoms with E-state index in [1.807, 2.05) is 20.8 Å². The Morgan fingerprint density at radius 1 is 1.37 bits per heavy atom. The lowest BCUT2D eigenvalue weighted by molar-refractivity contribution is -0.128. The molecule has 0 aliphatic carbocycles. The average molecular weight is 266 g/mol. The standard InChI is InChI=1S/C13H22N4O2/c1-13(2,3)12(19)14-8-5-6-11(18)15-10-7-9-17(4)16-10/h7,9H,5-6,8H2,1-4H3,(H,14,19)(H,15,16,18). The van der Waals surface area contributed by atoms with Crippen molar-refractivity contribution in [1.82, 2.24) is 15.1 Å². The summed E-state index contributed by atoms with van der Waals surface area (Å²) in [5, 5.41) is 9.56. The van der Waals surface area contributed by atoms with Gasteiger partial charge in [-0.15, -0.1) is 0 Å². The van der Waals surface area contributed by atoms with Crippen LogP contribution in [0.25, 0.3) is 0 Å². The Labute approximate surface area is 113 Å². The molecule has 2 amide bonds. The molecule has 0 saturated heterocycles. The van der Waals surface area contributed by atoms with Crippen LogP contribution >= 0.6 is 0 Å². The first-order valence-electron chi connectivity index (χ1n) is 6.37. The molecule has 0 aliphatic rings. The van der Waals surface area contributed by atoms with Gasteiger partial charge in [0.25, 0.3) is 0 Å². The van der Waals surface area contributed by atoms with E-state index in [1.165, 1.54) is 0 Å². The van der Waals surface area contributed by atoms with Crippen molar-refractivity contribution in [3.05, 3.63) is 12.3 Å². The number of aryl methyl sites for hydroxylation is 1. The lowest BCUT2D eigenvalue weighted by Crippen LogP contribution is -2.35. The third kappa shape index (κ3) is 5.54. The fourth-order valence-electron chi connectivity index (χ4n) is 1.40. The maximum absolute atomic E-state index is 11.6. The summed E-state index contributed by atoms with van der Waals surface area (Å²) in [4.78, 5) is 23.2. The molecule has 6 nitrogen and oxygen atoms in total. The normalized spacial score (nSPS) is 11.2. The van der Waals surface area contributed by atoms with Crippen LogP contribution in [0.1, 0.15) is 33.6 Å². The molecule has 0 spiro atoms. The topological polar surface area (TPSA) is 76.0 Å². The van der Waals surface area contributed by atoms with E-state index in [-0.39, 0.29) is 11.8 Å². The van der Waals surface area contributed by atoms with E-state index in [0.717, 1.165) is 0 Å². The summed E-state index contributed by atoms with van der Waals surface area (Å²) in [6, 6.07) is 1.74. The van der Waals surface area contributed by atoms with Crippen molar-refractivity contribution >= 4 is 17.6 Å². The van der Waals surface area contributed by atoms with Gasteiger partial charge in [0, 0.05) is 37.7 Å². The van der Waals surface area contributed by atoms with E-state index < -0.39 is 5.41 Å². The van der Waals surface area contributed by atoms with Crippen molar-refractivity contribution in [1.29, 1.82) is 0 Å². The van der Waals surface area contributed by atoms with Gasteiger partial charge in [0.2, 0.25) is 11.8 Å². The number of amides is 2. The third-order valence-corrected chi connectivity index (χ3v) is 2.53. The van der Waals surface area contributed by atoms with Gasteiger partial charge in [0.1, 0.15) is 0 Å². The Morgan fingerprint density at radius 2 is 2.05 bits per heavy atom. The molecule has 106 valence electrons. The Bertz CT molecular complexity index is 446. The summed E-state index contributed by atoms with van der Waals surface area (Å²) in [5.74, 6) is 0.451. The van der Waals surface area contributed by atoms with Gasteiger partial charge in [-0.1, -0.05) is 20.8 Å². The smallest absolute Gasteiger partial charge is 0.225 e. The van der Waals surface area contributed by atoms with Gasteiger partial charge < -0.3 is 10.6 Å². The van der Waals surface area contributed by atoms with Gasteiger partial charge >= 0.3 is 0 Å². The van der Waals surface area contributed by atoms with E-state index >= 15 is 0 Å². The zero-order chi connectivity index (χ0) is 14.5. The van der Waals surface area contributed by atoms with Crippen LogP contribution in [0.15, 0.2) is 12.3 Å². The zero-order valence-electron chi connectivity index (χ0n) is 12.0. The van der Waals surface area contributed by atoms with Crippen LogP contribution in [0, 0.1) is 5.41 Å². The minimum absolute atomic E-state index is 0.00219. The summed E-state index contributed by atoms with van der Waals surface area (Å²) < 4.78 is 1.62. The molecule has 1 aromatic heterocycles. The molecule has 1 heterocycles. The molecule has 0 aromatic carbocycles. The Kier molecular flexibility index (Phi) is 5.09. The number of anilines is 1. The maximum atomic E-state index is 11.6. The minimum Gasteiger partial charge on any atom is -0.356 e. The van der Waals surface area contributed by atoms with Crippen LogP contribution in [0.5, 0.6) is 0 Å². The van der Waals surface area contributed by atoms with Crippen molar-refractivity contribution in [2.24, 2.45) is 12.5 Å². The van der Waals surface area contributed by atoms with Crippen LogP contribution in [-0.4, -0.2) is 28.1 Å². The van der Waals surface area contributed by atoms with Gasteiger partial charge in [-0.05, 0) is 6.42 Å². The summed E-state index contributed by atoms with van der Waals surface area (Å²) in [6.45, 7) is 6.08. The second-order valence-electron chi connectivity index (χ2n) is 5.53. The molecular formula is C13H22N4O2. The van der Waals surface area contributed by atoms with Crippen molar-refractivity contribution in [3.8, 4) is 0 Å². The fourth-order valence-corrected chi connectivity index (χ4v) is 1.40. The van der Waals surface area contributed by atoms with Crippen molar-refractivity contribution in [3.63, 3.8) is 0 Å². The zero-order valence-corrected chi connectivity index (χ0v) is 12.0. The van der Waals surface area contributed by atoms with Crippen LogP contribution in [-0.2, 0) is 16.6 Å². The number of nitrogens with zero attached hydrogens (tertiary/aromatic N) is 2. The monoisotopic (exact) mass is 266 g/mol. The molecular weight excluding hydrogens is 244 g/mol. The van der Waals surface area contributed by atoms with Crippen molar-refractivity contribution in [2.45, 2.75) is 33.6 Å². The molecule has 0 saturated carbocycles. The van der Waals surface area contributed by atoms with Crippen LogP contribution in [0.2, 0.25) is 0 Å². The SMILES string of the molecule is Cn1ccc(NC(=O)CCCNC(=O)C(C)(C)C)n1. The predicted molar refractivity (Wildman–Crippen MR) is 73.5 cm³/mol. The highest BCUT2D eigenvalue weighted by atomic mass is 16.2. The summed E-state index contributed by atoms with van der Waals surface area (Å²) >= 11 is 0. The van der Waals surface area contributed by atoms with E-state index in [2.05, 4.69) is 15.7 Å². The molecule has 6 heteroatoms. The van der Waals surface area contributed by atoms with Gasteiger partial charge in [-0.25, -0.2) is 0 Å². The molecule has 0 bridgehead atoms. The third-order valence-electron chi connectivity index (χ3n) is 2.53. The lowest BCUT2D eigenvalue weighted by Gasteiger charge is -2.17. The molecule has 0 radical (unpaired) electrons. The second kappa shape index (κ2) is 6.36. The van der Waals surface area contributed by atoms with E-state index in [0.29, 0.717) is 25.2 Å². The van der Waals surface area contributed by atoms with Crippen LogP contribution in [0.4, 0.5) is 5.82 Å². The molecule has 1 aromatic rings. The number of hydrogen-bond acceptors (Lipinski definition) is 3. The number of rotatable bonds is 5. The van der Waals surface area contributed by atoms with Crippen molar-refractivity contribution in [2.75, 3.05) is 11.9 Å². The van der Waals surface area contributed by atoms with E-state index in [1.54, 1.807) is 24.0 Å². The minimum atomic E-state index is -0.393. The molecule has 1 rings (SSSR count). The highest BCUT2D eigenvalue weighted by molar-refractivity contribution is 5.89. The predicted octanol–water partition coefficient (Wildman–Crippen LogP) is 1.30. The summed E-state index contributed by atoms with van der Waals surface area (Å²) in [6.07, 6.45) is 2.74. The van der Waals surface area contributed by atoms with Crippen LogP contribution in [0.3, 0.4) is 0 Å². The Balaban J connectivity index is 2.19. The molecule has 0 fully saturated rings. The first-order chi connectivity index (χ1) is 8.79. The summed E-state index contributed by atoms with van der Waals surface area (Å²) in [7, 11) is 1.79. The molecule has 0 aliphatic heterocycles. The molecule has 0 atom stereocenters. The average Bonchev–Trinajstić information content (AvgIpc) is 2.68. The van der Waals surface area contributed by atoms with Gasteiger partial charge in [-0.2, -0.15) is 5.10 Å². The van der Waals surface area contributed by atoms with Gasteiger partial charge in [0.15, 0.2) is 5.82 Å². The first kappa shape index (κ1) is 15.2. The van der Waals surface area contributed by atoms with Gasteiger partial charge in [-0.3, -0.25) is 14.3 Å². The van der Waals surface area contributed by atoms with Crippen molar-refractivity contribution < 1.29 is 9.59 Å². The maximum Gasteiger partial charge on any atom is 0.225 e. The van der Waals surface area contributed by atoms with E-state index in [9.17, 15) is 9.59 Å². The highest BCUT2D eigenvalue weighted by Crippen LogP contribution is 2.12. The number of carbonyl (C=O) groups is 2. The molecule has 0 unspecified atom stereocenters. The van der Waals surface area contributed by atoms with Crippen LogP contribution < -0.4 is 10.6 Å². The number of nitrogens with one attached hydrogen (secondary N) is 2.